The van der Waals surface area contributed by atoms with Gasteiger partial charge in [-0.3, -0.25) is 9.88 Å². The molecule has 2 N–H and O–H groups in total. The summed E-state index contributed by atoms with van der Waals surface area (Å²) < 4.78 is 22.2. The van der Waals surface area contributed by atoms with Crippen LogP contribution in [0.5, 0.6) is 0 Å². The van der Waals surface area contributed by atoms with Gasteiger partial charge in [0.2, 0.25) is 0 Å². The van der Waals surface area contributed by atoms with Gasteiger partial charge in [-0.05, 0) is 18.7 Å². The first-order valence-electron chi connectivity index (χ1n) is 5.42. The van der Waals surface area contributed by atoms with Gasteiger partial charge in [0.1, 0.15) is 9.84 Å². The summed E-state index contributed by atoms with van der Waals surface area (Å²) in [7, 11) is -1.07. The lowest BCUT2D eigenvalue weighted by Crippen LogP contribution is -2.34. The first kappa shape index (κ1) is 14.1. The molecule has 1 unspecified atom stereocenters. The maximum atomic E-state index is 11.1. The molecule has 96 valence electrons. The standard InChI is InChI=1S/C11H19N3O2S/c1-14(6-7-17(2,15)16)11(8-12)10-4-3-5-13-9-10/h3-5,9,11H,6-8,12H2,1-2H3. The molecule has 0 aromatic carbocycles. The molecule has 0 radical (unpaired) electrons. The minimum atomic E-state index is -2.94. The number of hydrogen-bond acceptors (Lipinski definition) is 5. The Labute approximate surface area is 103 Å². The van der Waals surface area contributed by atoms with Gasteiger partial charge in [0.25, 0.3) is 0 Å². The van der Waals surface area contributed by atoms with E-state index in [4.69, 9.17) is 5.73 Å². The van der Waals surface area contributed by atoms with E-state index in [1.54, 1.807) is 12.4 Å². The number of rotatable bonds is 6. The molecule has 1 heterocycles. The van der Waals surface area contributed by atoms with Crippen LogP contribution in [-0.4, -0.2) is 50.4 Å². The van der Waals surface area contributed by atoms with Gasteiger partial charge in [-0.15, -0.1) is 0 Å². The van der Waals surface area contributed by atoms with Crippen molar-refractivity contribution in [2.75, 3.05) is 32.1 Å². The molecule has 0 aliphatic heterocycles. The van der Waals surface area contributed by atoms with Crippen LogP contribution in [-0.2, 0) is 9.84 Å². The van der Waals surface area contributed by atoms with E-state index < -0.39 is 9.84 Å². The number of hydrogen-bond donors (Lipinski definition) is 1. The van der Waals surface area contributed by atoms with Gasteiger partial charge in [-0.1, -0.05) is 6.07 Å². The largest absolute Gasteiger partial charge is 0.329 e. The summed E-state index contributed by atoms with van der Waals surface area (Å²) in [6.45, 7) is 0.904. The van der Waals surface area contributed by atoms with Gasteiger partial charge >= 0.3 is 0 Å². The molecule has 6 heteroatoms. The summed E-state index contributed by atoms with van der Waals surface area (Å²) in [5.41, 5.74) is 6.73. The van der Waals surface area contributed by atoms with Gasteiger partial charge in [-0.2, -0.15) is 0 Å². The van der Waals surface area contributed by atoms with Gasteiger partial charge in [-0.25, -0.2) is 8.42 Å². The van der Waals surface area contributed by atoms with Gasteiger partial charge in [0.05, 0.1) is 5.75 Å². The Kier molecular flexibility index (Phi) is 5.04. The van der Waals surface area contributed by atoms with E-state index in [0.29, 0.717) is 13.1 Å². The second kappa shape index (κ2) is 6.09. The summed E-state index contributed by atoms with van der Waals surface area (Å²) in [5, 5.41) is 0. The van der Waals surface area contributed by atoms with Crippen LogP contribution in [0, 0.1) is 0 Å². The quantitative estimate of drug-likeness (QED) is 0.779. The lowest BCUT2D eigenvalue weighted by Gasteiger charge is -2.26. The number of nitrogens with zero attached hydrogens (tertiary/aromatic N) is 2. The normalized spacial score (nSPS) is 13.9. The highest BCUT2D eigenvalue weighted by atomic mass is 32.2. The monoisotopic (exact) mass is 257 g/mol. The van der Waals surface area contributed by atoms with E-state index in [-0.39, 0.29) is 11.8 Å². The molecule has 0 saturated carbocycles. The van der Waals surface area contributed by atoms with Crippen molar-refractivity contribution in [1.29, 1.82) is 0 Å². The molecule has 0 spiro atoms. The molecule has 0 aliphatic rings. The smallest absolute Gasteiger partial charge is 0.148 e. The molecule has 1 rings (SSSR count). The summed E-state index contributed by atoms with van der Waals surface area (Å²) in [5.74, 6) is 0.139. The van der Waals surface area contributed by atoms with E-state index in [0.717, 1.165) is 5.56 Å². The highest BCUT2D eigenvalue weighted by Gasteiger charge is 2.16. The zero-order valence-electron chi connectivity index (χ0n) is 10.2. The first-order chi connectivity index (χ1) is 7.94. The van der Waals surface area contributed by atoms with Gasteiger partial charge in [0, 0.05) is 37.8 Å². The lowest BCUT2D eigenvalue weighted by atomic mass is 10.1. The molecule has 0 saturated heterocycles. The van der Waals surface area contributed by atoms with Crippen LogP contribution in [0.15, 0.2) is 24.5 Å². The van der Waals surface area contributed by atoms with Crippen LogP contribution >= 0.6 is 0 Å². The molecule has 0 bridgehead atoms. The molecular formula is C11H19N3O2S. The number of likely N-dealkylation sites (N-methyl/N-ethyl adjacent to an activating group) is 1. The Morgan fingerprint density at radius 2 is 2.24 bits per heavy atom. The van der Waals surface area contributed by atoms with Crippen LogP contribution in [0.2, 0.25) is 0 Å². The predicted octanol–water partition coefficient (Wildman–Crippen LogP) is 0.0578. The van der Waals surface area contributed by atoms with E-state index in [1.165, 1.54) is 6.26 Å². The second-order valence-electron chi connectivity index (χ2n) is 4.15. The van der Waals surface area contributed by atoms with E-state index in [2.05, 4.69) is 4.98 Å². The number of pyridine rings is 1. The van der Waals surface area contributed by atoms with Crippen molar-refractivity contribution in [3.05, 3.63) is 30.1 Å². The van der Waals surface area contributed by atoms with Crippen LogP contribution < -0.4 is 5.73 Å². The fourth-order valence-corrected chi connectivity index (χ4v) is 2.23. The highest BCUT2D eigenvalue weighted by molar-refractivity contribution is 7.90. The molecule has 0 fully saturated rings. The fraction of sp³-hybridized carbons (Fsp3) is 0.545. The second-order valence-corrected chi connectivity index (χ2v) is 6.41. The Hall–Kier alpha value is -0.980. The number of nitrogens with two attached hydrogens (primary N) is 1. The third-order valence-electron chi connectivity index (χ3n) is 2.64. The number of sulfone groups is 1. The highest BCUT2D eigenvalue weighted by Crippen LogP contribution is 2.16. The fourth-order valence-electron chi connectivity index (χ4n) is 1.61. The summed E-state index contributed by atoms with van der Waals surface area (Å²) in [6.07, 6.45) is 4.70. The molecule has 1 aromatic heterocycles. The Morgan fingerprint density at radius 1 is 1.53 bits per heavy atom. The third kappa shape index (κ3) is 4.80. The molecular weight excluding hydrogens is 238 g/mol. The Morgan fingerprint density at radius 3 is 2.71 bits per heavy atom. The van der Waals surface area contributed by atoms with Crippen LogP contribution in [0.3, 0.4) is 0 Å². The Balaban J connectivity index is 2.68. The summed E-state index contributed by atoms with van der Waals surface area (Å²) >= 11 is 0. The lowest BCUT2D eigenvalue weighted by molar-refractivity contribution is 0.264. The van der Waals surface area contributed by atoms with Crippen molar-refractivity contribution in [2.24, 2.45) is 5.73 Å². The summed E-state index contributed by atoms with van der Waals surface area (Å²) in [4.78, 5) is 5.99. The van der Waals surface area contributed by atoms with E-state index in [9.17, 15) is 8.42 Å². The molecule has 5 nitrogen and oxygen atoms in total. The summed E-state index contributed by atoms with van der Waals surface area (Å²) in [6, 6.07) is 3.80. The SMILES string of the molecule is CN(CCS(C)(=O)=O)C(CN)c1cccnc1. The minimum Gasteiger partial charge on any atom is -0.329 e. The molecule has 1 aromatic rings. The number of aromatic nitrogens is 1. The van der Waals surface area contributed by atoms with Gasteiger partial charge < -0.3 is 5.73 Å². The van der Waals surface area contributed by atoms with Crippen molar-refractivity contribution in [1.82, 2.24) is 9.88 Å². The van der Waals surface area contributed by atoms with E-state index >= 15 is 0 Å². The van der Waals surface area contributed by atoms with Crippen LogP contribution in [0.1, 0.15) is 11.6 Å². The van der Waals surface area contributed by atoms with Gasteiger partial charge in [0.15, 0.2) is 0 Å². The average molecular weight is 257 g/mol. The zero-order chi connectivity index (χ0) is 12.9. The van der Waals surface area contributed by atoms with Crippen LogP contribution in [0.25, 0.3) is 0 Å². The topological polar surface area (TPSA) is 76.3 Å². The maximum Gasteiger partial charge on any atom is 0.148 e. The van der Waals surface area contributed by atoms with Crippen LogP contribution in [0.4, 0.5) is 0 Å². The first-order valence-corrected chi connectivity index (χ1v) is 7.48. The van der Waals surface area contributed by atoms with Crippen molar-refractivity contribution in [3.8, 4) is 0 Å². The minimum absolute atomic E-state index is 0.00505. The molecule has 0 amide bonds. The molecule has 1 atom stereocenters. The molecule has 0 aliphatic carbocycles. The van der Waals surface area contributed by atoms with Crippen molar-refractivity contribution in [3.63, 3.8) is 0 Å². The zero-order valence-corrected chi connectivity index (χ0v) is 11.0. The predicted molar refractivity (Wildman–Crippen MR) is 68.4 cm³/mol. The van der Waals surface area contributed by atoms with E-state index in [1.807, 2.05) is 24.1 Å². The maximum absolute atomic E-state index is 11.1. The third-order valence-corrected chi connectivity index (χ3v) is 3.56. The van der Waals surface area contributed by atoms with Crippen molar-refractivity contribution in [2.45, 2.75) is 6.04 Å². The Bertz CT molecular complexity index is 433. The average Bonchev–Trinajstić information content (AvgIpc) is 2.28. The van der Waals surface area contributed by atoms with Crippen molar-refractivity contribution >= 4 is 9.84 Å². The molecule has 17 heavy (non-hydrogen) atoms. The van der Waals surface area contributed by atoms with Crippen molar-refractivity contribution < 1.29 is 8.42 Å².